The standard InChI is InChI=1S/C12H20N2O2Si/c1-12(2,3)17(4,5)16-11(15)9-6-7-10(13)14-8-9/h6-8H,1-5H3,(H2,13,14). The molecule has 0 aromatic carbocycles. The van der Waals surface area contributed by atoms with Gasteiger partial charge in [-0.15, -0.1) is 0 Å². The summed E-state index contributed by atoms with van der Waals surface area (Å²) < 4.78 is 5.65. The molecular weight excluding hydrogens is 232 g/mol. The summed E-state index contributed by atoms with van der Waals surface area (Å²) in [5.41, 5.74) is 5.92. The molecule has 0 bridgehead atoms. The number of rotatable bonds is 2. The van der Waals surface area contributed by atoms with Gasteiger partial charge in [0, 0.05) is 6.20 Å². The fourth-order valence-electron chi connectivity index (χ4n) is 0.970. The smallest absolute Gasteiger partial charge is 0.326 e. The number of nitrogen functional groups attached to an aromatic ring is 1. The summed E-state index contributed by atoms with van der Waals surface area (Å²) in [6.07, 6.45) is 1.45. The van der Waals surface area contributed by atoms with E-state index in [1.807, 2.05) is 13.1 Å². The van der Waals surface area contributed by atoms with E-state index in [4.69, 9.17) is 10.2 Å². The van der Waals surface area contributed by atoms with Crippen molar-refractivity contribution in [2.45, 2.75) is 38.9 Å². The topological polar surface area (TPSA) is 65.2 Å². The van der Waals surface area contributed by atoms with E-state index in [9.17, 15) is 4.79 Å². The van der Waals surface area contributed by atoms with Crippen molar-refractivity contribution in [1.29, 1.82) is 0 Å². The van der Waals surface area contributed by atoms with Crippen molar-refractivity contribution in [2.75, 3.05) is 5.73 Å². The number of hydrogen-bond acceptors (Lipinski definition) is 4. The Kier molecular flexibility index (Phi) is 3.61. The molecule has 1 aromatic rings. The molecule has 0 amide bonds. The molecular formula is C12H20N2O2Si. The van der Waals surface area contributed by atoms with E-state index in [-0.39, 0.29) is 11.0 Å². The van der Waals surface area contributed by atoms with Crippen LogP contribution in [-0.4, -0.2) is 19.3 Å². The van der Waals surface area contributed by atoms with Gasteiger partial charge in [-0.25, -0.2) is 9.78 Å². The zero-order valence-corrected chi connectivity index (χ0v) is 12.1. The first-order valence-electron chi connectivity index (χ1n) is 5.58. The van der Waals surface area contributed by atoms with Crippen LogP contribution in [0.4, 0.5) is 5.82 Å². The highest BCUT2D eigenvalue weighted by Gasteiger charge is 2.40. The Morgan fingerprint density at radius 3 is 2.35 bits per heavy atom. The van der Waals surface area contributed by atoms with Crippen molar-refractivity contribution < 1.29 is 9.22 Å². The van der Waals surface area contributed by atoms with E-state index in [1.54, 1.807) is 12.1 Å². The lowest BCUT2D eigenvalue weighted by Gasteiger charge is -2.35. The van der Waals surface area contributed by atoms with Crippen LogP contribution in [0.2, 0.25) is 18.1 Å². The minimum atomic E-state index is -2.07. The number of nitrogens with two attached hydrogens (primary N) is 1. The molecule has 17 heavy (non-hydrogen) atoms. The van der Waals surface area contributed by atoms with Gasteiger partial charge in [-0.3, -0.25) is 0 Å². The van der Waals surface area contributed by atoms with Gasteiger partial charge in [0.25, 0.3) is 8.32 Å². The molecule has 4 nitrogen and oxygen atoms in total. The second-order valence-corrected chi connectivity index (χ2v) is 10.3. The molecule has 1 aromatic heterocycles. The molecule has 0 aliphatic heterocycles. The fourth-order valence-corrected chi connectivity index (χ4v) is 1.86. The minimum absolute atomic E-state index is 0.00387. The molecule has 2 N–H and O–H groups in total. The second-order valence-electron chi connectivity index (χ2n) is 5.62. The average molecular weight is 252 g/mol. The van der Waals surface area contributed by atoms with Crippen LogP contribution in [0.15, 0.2) is 18.3 Å². The van der Waals surface area contributed by atoms with Gasteiger partial charge in [-0.1, -0.05) is 20.8 Å². The van der Waals surface area contributed by atoms with E-state index >= 15 is 0 Å². The van der Waals surface area contributed by atoms with Gasteiger partial charge < -0.3 is 10.2 Å². The van der Waals surface area contributed by atoms with E-state index in [1.165, 1.54) is 6.20 Å². The largest absolute Gasteiger partial charge is 0.516 e. The molecule has 0 aliphatic carbocycles. The fraction of sp³-hybridized carbons (Fsp3) is 0.500. The van der Waals surface area contributed by atoms with Crippen LogP contribution in [0.1, 0.15) is 31.1 Å². The number of pyridine rings is 1. The summed E-state index contributed by atoms with van der Waals surface area (Å²) in [5.74, 6) is 0.0815. The van der Waals surface area contributed by atoms with Gasteiger partial charge in [0.15, 0.2) is 0 Å². The van der Waals surface area contributed by atoms with Crippen molar-refractivity contribution in [2.24, 2.45) is 0 Å². The summed E-state index contributed by atoms with van der Waals surface area (Å²) in [7, 11) is -2.07. The monoisotopic (exact) mass is 252 g/mol. The second kappa shape index (κ2) is 4.48. The minimum Gasteiger partial charge on any atom is -0.516 e. The van der Waals surface area contributed by atoms with Gasteiger partial charge in [0.05, 0.1) is 5.56 Å². The van der Waals surface area contributed by atoms with Crippen molar-refractivity contribution in [3.63, 3.8) is 0 Å². The van der Waals surface area contributed by atoms with Crippen LogP contribution in [-0.2, 0) is 4.43 Å². The van der Waals surface area contributed by atoms with Crippen LogP contribution in [0.5, 0.6) is 0 Å². The normalized spacial score (nSPS) is 12.3. The van der Waals surface area contributed by atoms with Crippen molar-refractivity contribution in [3.05, 3.63) is 23.9 Å². The Morgan fingerprint density at radius 2 is 1.94 bits per heavy atom. The predicted octanol–water partition coefficient (Wildman–Crippen LogP) is 2.83. The third-order valence-electron chi connectivity index (χ3n) is 3.18. The summed E-state index contributed by atoms with van der Waals surface area (Å²) in [5, 5.41) is 0.00387. The van der Waals surface area contributed by atoms with Crippen LogP contribution in [0, 0.1) is 0 Å². The Labute approximate surface area is 103 Å². The Morgan fingerprint density at radius 1 is 1.35 bits per heavy atom. The van der Waals surface area contributed by atoms with Gasteiger partial charge in [-0.05, 0) is 30.3 Å². The third kappa shape index (κ3) is 3.29. The average Bonchev–Trinajstić information content (AvgIpc) is 2.16. The molecule has 0 saturated carbocycles. The van der Waals surface area contributed by atoms with Gasteiger partial charge in [-0.2, -0.15) is 0 Å². The highest BCUT2D eigenvalue weighted by molar-refractivity contribution is 6.75. The lowest BCUT2D eigenvalue weighted by atomic mass is 10.2. The number of anilines is 1. The number of carbonyl (C=O) groups is 1. The Hall–Kier alpha value is -1.36. The summed E-state index contributed by atoms with van der Waals surface area (Å²) >= 11 is 0. The number of carbonyl (C=O) groups excluding carboxylic acids is 1. The first kappa shape index (κ1) is 13.7. The van der Waals surface area contributed by atoms with Crippen LogP contribution in [0.25, 0.3) is 0 Å². The molecule has 1 rings (SSSR count). The molecule has 5 heteroatoms. The van der Waals surface area contributed by atoms with Gasteiger partial charge in [0.1, 0.15) is 5.82 Å². The third-order valence-corrected chi connectivity index (χ3v) is 7.48. The van der Waals surface area contributed by atoms with Gasteiger partial charge in [0.2, 0.25) is 0 Å². The van der Waals surface area contributed by atoms with Crippen LogP contribution in [0.3, 0.4) is 0 Å². The highest BCUT2D eigenvalue weighted by Crippen LogP contribution is 2.36. The summed E-state index contributed by atoms with van der Waals surface area (Å²) in [6, 6.07) is 3.24. The zero-order chi connectivity index (χ0) is 13.3. The molecule has 0 radical (unpaired) electrons. The van der Waals surface area contributed by atoms with Crippen LogP contribution < -0.4 is 5.73 Å². The maximum Gasteiger partial charge on any atom is 0.326 e. The van der Waals surface area contributed by atoms with E-state index in [2.05, 4.69) is 25.8 Å². The molecule has 0 atom stereocenters. The molecule has 94 valence electrons. The predicted molar refractivity (Wildman–Crippen MR) is 71.3 cm³/mol. The summed E-state index contributed by atoms with van der Waals surface area (Å²) in [4.78, 5) is 15.8. The maximum absolute atomic E-state index is 11.9. The van der Waals surface area contributed by atoms with Crippen LogP contribution >= 0.6 is 0 Å². The van der Waals surface area contributed by atoms with Gasteiger partial charge >= 0.3 is 5.97 Å². The molecule has 0 spiro atoms. The Bertz CT molecular complexity index is 408. The van der Waals surface area contributed by atoms with Crippen molar-refractivity contribution in [1.82, 2.24) is 4.98 Å². The highest BCUT2D eigenvalue weighted by atomic mass is 28.4. The quantitative estimate of drug-likeness (QED) is 0.822. The lowest BCUT2D eigenvalue weighted by molar-refractivity contribution is 0.0712. The molecule has 0 aliphatic rings. The number of hydrogen-bond donors (Lipinski definition) is 1. The summed E-state index contributed by atoms with van der Waals surface area (Å²) in [6.45, 7) is 10.3. The van der Waals surface area contributed by atoms with Crippen molar-refractivity contribution in [3.8, 4) is 0 Å². The molecule has 0 fully saturated rings. The Balaban J connectivity index is 2.83. The first-order valence-corrected chi connectivity index (χ1v) is 8.49. The molecule has 1 heterocycles. The number of aromatic nitrogens is 1. The first-order chi connectivity index (χ1) is 7.63. The number of nitrogens with zero attached hydrogens (tertiary/aromatic N) is 1. The maximum atomic E-state index is 11.9. The van der Waals surface area contributed by atoms with E-state index < -0.39 is 8.32 Å². The SMILES string of the molecule is CC(C)(C)[Si](C)(C)OC(=O)c1ccc(N)nc1. The molecule has 0 unspecified atom stereocenters. The zero-order valence-electron chi connectivity index (χ0n) is 11.1. The van der Waals surface area contributed by atoms with E-state index in [0.29, 0.717) is 11.4 Å². The molecule has 0 saturated heterocycles. The van der Waals surface area contributed by atoms with Crippen molar-refractivity contribution >= 4 is 20.1 Å². The lowest BCUT2D eigenvalue weighted by Crippen LogP contribution is -2.42. The van der Waals surface area contributed by atoms with E-state index in [0.717, 1.165) is 0 Å².